The maximum absolute atomic E-state index is 13.2. The Hall–Kier alpha value is -1.62. The fourth-order valence-corrected chi connectivity index (χ4v) is 2.94. The molecule has 0 bridgehead atoms. The molecule has 0 aromatic heterocycles. The minimum absolute atomic E-state index is 0.176. The lowest BCUT2D eigenvalue weighted by molar-refractivity contribution is -0.145. The van der Waals surface area contributed by atoms with Crippen LogP contribution < -0.4 is 5.32 Å². The van der Waals surface area contributed by atoms with Gasteiger partial charge in [-0.3, -0.25) is 9.59 Å². The third kappa shape index (κ3) is 3.28. The van der Waals surface area contributed by atoms with Gasteiger partial charge in [-0.1, -0.05) is 18.5 Å². The number of carbonyl (C=O) groups is 2. The van der Waals surface area contributed by atoms with Crippen molar-refractivity contribution in [1.82, 2.24) is 0 Å². The van der Waals surface area contributed by atoms with Gasteiger partial charge in [0.15, 0.2) is 0 Å². The Balaban J connectivity index is 2.13. The van der Waals surface area contributed by atoms with E-state index in [2.05, 4.69) is 5.32 Å². The second-order valence-electron chi connectivity index (χ2n) is 5.28. The third-order valence-electron chi connectivity index (χ3n) is 3.58. The van der Waals surface area contributed by atoms with E-state index >= 15 is 0 Å². The highest BCUT2D eigenvalue weighted by Crippen LogP contribution is 2.37. The lowest BCUT2D eigenvalue weighted by Crippen LogP contribution is -2.30. The van der Waals surface area contributed by atoms with Gasteiger partial charge in [0.1, 0.15) is 5.82 Å². The minimum Gasteiger partial charge on any atom is -0.481 e. The highest BCUT2D eigenvalue weighted by molar-refractivity contribution is 6.30. The van der Waals surface area contributed by atoms with E-state index in [1.54, 1.807) is 0 Å². The van der Waals surface area contributed by atoms with Crippen molar-refractivity contribution in [3.8, 4) is 0 Å². The van der Waals surface area contributed by atoms with Crippen LogP contribution in [-0.4, -0.2) is 17.0 Å². The van der Waals surface area contributed by atoms with Crippen LogP contribution in [0.2, 0.25) is 5.02 Å². The summed E-state index contributed by atoms with van der Waals surface area (Å²) in [5.41, 5.74) is 0.240. The standard InChI is InChI=1S/C14H15ClFNO3/c1-7-2-11(12(3-7)14(19)20)13(18)17-10-5-8(15)4-9(16)6-10/h4-7,11-12H,2-3H2,1H3,(H,17,18)(H,19,20). The zero-order valence-corrected chi connectivity index (χ0v) is 11.7. The normalized spacial score (nSPS) is 25.4. The number of anilines is 1. The SMILES string of the molecule is CC1CC(C(=O)O)C(C(=O)Nc2cc(F)cc(Cl)c2)C1. The number of amides is 1. The molecule has 3 atom stereocenters. The average Bonchev–Trinajstić information content (AvgIpc) is 2.70. The fraction of sp³-hybridized carbons (Fsp3) is 0.429. The van der Waals surface area contributed by atoms with Crippen molar-refractivity contribution >= 4 is 29.2 Å². The van der Waals surface area contributed by atoms with Gasteiger partial charge in [0.2, 0.25) is 5.91 Å². The van der Waals surface area contributed by atoms with E-state index in [0.717, 1.165) is 12.1 Å². The average molecular weight is 300 g/mol. The first-order valence-electron chi connectivity index (χ1n) is 6.36. The van der Waals surface area contributed by atoms with E-state index in [0.29, 0.717) is 12.8 Å². The summed E-state index contributed by atoms with van der Waals surface area (Å²) in [6.45, 7) is 1.92. The number of carboxylic acids is 1. The van der Waals surface area contributed by atoms with E-state index in [9.17, 15) is 14.0 Å². The van der Waals surface area contributed by atoms with Crippen molar-refractivity contribution in [3.05, 3.63) is 29.0 Å². The van der Waals surface area contributed by atoms with Gasteiger partial charge in [-0.15, -0.1) is 0 Å². The Morgan fingerprint density at radius 2 is 1.95 bits per heavy atom. The monoisotopic (exact) mass is 299 g/mol. The third-order valence-corrected chi connectivity index (χ3v) is 3.80. The summed E-state index contributed by atoms with van der Waals surface area (Å²) in [5.74, 6) is -3.01. The van der Waals surface area contributed by atoms with Gasteiger partial charge in [-0.2, -0.15) is 0 Å². The molecule has 0 heterocycles. The number of carboxylic acid groups (broad SMARTS) is 1. The molecule has 1 amide bonds. The maximum atomic E-state index is 13.2. The summed E-state index contributed by atoms with van der Waals surface area (Å²) >= 11 is 5.71. The molecule has 0 saturated heterocycles. The number of nitrogens with one attached hydrogen (secondary N) is 1. The Morgan fingerprint density at radius 3 is 2.55 bits per heavy atom. The molecule has 0 aliphatic heterocycles. The van der Waals surface area contributed by atoms with Crippen molar-refractivity contribution in [2.24, 2.45) is 17.8 Å². The van der Waals surface area contributed by atoms with E-state index < -0.39 is 29.5 Å². The first-order valence-corrected chi connectivity index (χ1v) is 6.74. The summed E-state index contributed by atoms with van der Waals surface area (Å²) in [6, 6.07) is 3.71. The van der Waals surface area contributed by atoms with Crippen molar-refractivity contribution in [2.45, 2.75) is 19.8 Å². The minimum atomic E-state index is -0.966. The molecule has 0 spiro atoms. The summed E-state index contributed by atoms with van der Waals surface area (Å²) < 4.78 is 13.2. The first kappa shape index (κ1) is 14.8. The second-order valence-corrected chi connectivity index (χ2v) is 5.71. The Bertz CT molecular complexity index is 529. The second kappa shape index (κ2) is 5.79. The topological polar surface area (TPSA) is 66.4 Å². The molecule has 2 rings (SSSR count). The first-order chi connectivity index (χ1) is 9.36. The molecule has 1 fully saturated rings. The quantitative estimate of drug-likeness (QED) is 0.901. The lowest BCUT2D eigenvalue weighted by Gasteiger charge is -2.15. The lowest BCUT2D eigenvalue weighted by atomic mass is 9.95. The molecule has 1 aliphatic rings. The molecule has 1 aliphatic carbocycles. The Labute approximate surface area is 120 Å². The molecule has 20 heavy (non-hydrogen) atoms. The predicted molar refractivity (Wildman–Crippen MR) is 73.1 cm³/mol. The fourth-order valence-electron chi connectivity index (χ4n) is 2.72. The van der Waals surface area contributed by atoms with Crippen LogP contribution in [-0.2, 0) is 9.59 Å². The maximum Gasteiger partial charge on any atom is 0.307 e. The molecule has 1 aromatic carbocycles. The number of hydrogen-bond acceptors (Lipinski definition) is 2. The summed E-state index contributed by atoms with van der Waals surface area (Å²) in [5, 5.41) is 11.9. The smallest absolute Gasteiger partial charge is 0.307 e. The van der Waals surface area contributed by atoms with Crippen LogP contribution in [0, 0.1) is 23.6 Å². The molecule has 108 valence electrons. The summed E-state index contributed by atoms with van der Waals surface area (Å²) in [6.07, 6.45) is 1.00. The van der Waals surface area contributed by atoms with Crippen LogP contribution in [0.15, 0.2) is 18.2 Å². The molecule has 6 heteroatoms. The zero-order valence-electron chi connectivity index (χ0n) is 10.9. The van der Waals surface area contributed by atoms with Gasteiger partial charge in [0.05, 0.1) is 11.8 Å². The number of aliphatic carboxylic acids is 1. The molecule has 3 unspecified atom stereocenters. The number of carbonyl (C=O) groups excluding carboxylic acids is 1. The van der Waals surface area contributed by atoms with Gasteiger partial charge >= 0.3 is 5.97 Å². The van der Waals surface area contributed by atoms with Crippen molar-refractivity contribution < 1.29 is 19.1 Å². The van der Waals surface area contributed by atoms with Crippen LogP contribution in [0.3, 0.4) is 0 Å². The van der Waals surface area contributed by atoms with Gasteiger partial charge < -0.3 is 10.4 Å². The van der Waals surface area contributed by atoms with Gasteiger partial charge in [0.25, 0.3) is 0 Å². The number of halogens is 2. The van der Waals surface area contributed by atoms with Gasteiger partial charge in [0, 0.05) is 10.7 Å². The van der Waals surface area contributed by atoms with Crippen LogP contribution in [0.1, 0.15) is 19.8 Å². The van der Waals surface area contributed by atoms with E-state index in [1.807, 2.05) is 6.92 Å². The molecule has 1 aromatic rings. The number of rotatable bonds is 3. The largest absolute Gasteiger partial charge is 0.481 e. The van der Waals surface area contributed by atoms with Gasteiger partial charge in [-0.25, -0.2) is 4.39 Å². The van der Waals surface area contributed by atoms with Crippen molar-refractivity contribution in [1.29, 1.82) is 0 Å². The van der Waals surface area contributed by atoms with Crippen LogP contribution in [0.4, 0.5) is 10.1 Å². The van der Waals surface area contributed by atoms with Crippen LogP contribution in [0.25, 0.3) is 0 Å². The Morgan fingerprint density at radius 1 is 1.30 bits per heavy atom. The molecule has 2 N–H and O–H groups in total. The van der Waals surface area contributed by atoms with E-state index in [-0.39, 0.29) is 16.6 Å². The van der Waals surface area contributed by atoms with Crippen LogP contribution >= 0.6 is 11.6 Å². The predicted octanol–water partition coefficient (Wildman–Crippen LogP) is 3.16. The molecule has 0 radical (unpaired) electrons. The van der Waals surface area contributed by atoms with E-state index in [1.165, 1.54) is 6.07 Å². The highest BCUT2D eigenvalue weighted by atomic mass is 35.5. The van der Waals surface area contributed by atoms with Crippen molar-refractivity contribution in [3.63, 3.8) is 0 Å². The summed E-state index contributed by atoms with van der Waals surface area (Å²) in [4.78, 5) is 23.3. The van der Waals surface area contributed by atoms with Gasteiger partial charge in [-0.05, 0) is 37.0 Å². The molecule has 4 nitrogen and oxygen atoms in total. The van der Waals surface area contributed by atoms with Crippen molar-refractivity contribution in [2.75, 3.05) is 5.32 Å². The molecular weight excluding hydrogens is 285 g/mol. The van der Waals surface area contributed by atoms with E-state index in [4.69, 9.17) is 16.7 Å². The highest BCUT2D eigenvalue weighted by Gasteiger charge is 2.41. The molecular formula is C14H15ClFNO3. The molecule has 1 saturated carbocycles. The zero-order chi connectivity index (χ0) is 14.9. The van der Waals surface area contributed by atoms with Crippen LogP contribution in [0.5, 0.6) is 0 Å². The number of hydrogen-bond donors (Lipinski definition) is 2. The Kier molecular flexibility index (Phi) is 4.28. The number of benzene rings is 1. The summed E-state index contributed by atoms with van der Waals surface area (Å²) in [7, 11) is 0.